The van der Waals surface area contributed by atoms with Crippen LogP contribution in [-0.4, -0.2) is 30.8 Å². The van der Waals surface area contributed by atoms with Crippen LogP contribution < -0.4 is 5.73 Å². The van der Waals surface area contributed by atoms with E-state index in [-0.39, 0.29) is 11.8 Å². The molecule has 4 heteroatoms. The topological polar surface area (TPSA) is 72.6 Å². The van der Waals surface area contributed by atoms with E-state index >= 15 is 0 Å². The lowest BCUT2D eigenvalue weighted by molar-refractivity contribution is -0.146. The fraction of sp³-hybridized carbons (Fsp3) is 0.909. The molecule has 4 nitrogen and oxygen atoms in total. The molecule has 1 aliphatic heterocycles. The Morgan fingerprint density at radius 1 is 1.53 bits per heavy atom. The number of ether oxygens (including phenoxy) is 1. The molecule has 0 bridgehead atoms. The second kappa shape index (κ2) is 6.80. The second-order valence-corrected chi connectivity index (χ2v) is 4.21. The van der Waals surface area contributed by atoms with Crippen molar-refractivity contribution in [2.75, 3.05) is 19.8 Å². The first-order chi connectivity index (χ1) is 7.25. The van der Waals surface area contributed by atoms with Crippen LogP contribution in [-0.2, 0) is 9.53 Å². The number of nitrogens with two attached hydrogens (primary N) is 1. The van der Waals surface area contributed by atoms with Crippen molar-refractivity contribution in [1.29, 1.82) is 0 Å². The smallest absolute Gasteiger partial charge is 0.306 e. The van der Waals surface area contributed by atoms with E-state index in [9.17, 15) is 4.79 Å². The summed E-state index contributed by atoms with van der Waals surface area (Å²) in [5.41, 5.74) is 5.40. The Labute approximate surface area is 90.8 Å². The Kier molecular flexibility index (Phi) is 5.65. The lowest BCUT2D eigenvalue weighted by Crippen LogP contribution is -2.30. The normalized spacial score (nSPS) is 23.7. The van der Waals surface area contributed by atoms with E-state index in [2.05, 4.69) is 0 Å². The van der Waals surface area contributed by atoms with Crippen LogP contribution in [0.2, 0.25) is 0 Å². The van der Waals surface area contributed by atoms with E-state index in [0.29, 0.717) is 13.2 Å². The average molecular weight is 215 g/mol. The number of rotatable bonds is 6. The number of carboxylic acids is 1. The SMILES string of the molecule is NCCCCC(C(=O)O)C1CCCOC1. The van der Waals surface area contributed by atoms with Crippen LogP contribution >= 0.6 is 0 Å². The molecule has 88 valence electrons. The summed E-state index contributed by atoms with van der Waals surface area (Å²) in [5.74, 6) is -0.714. The van der Waals surface area contributed by atoms with Gasteiger partial charge in [0.2, 0.25) is 0 Å². The van der Waals surface area contributed by atoms with E-state index in [1.54, 1.807) is 0 Å². The molecule has 1 aliphatic rings. The minimum absolute atomic E-state index is 0.203. The van der Waals surface area contributed by atoms with Crippen LogP contribution in [0.3, 0.4) is 0 Å². The monoisotopic (exact) mass is 215 g/mol. The molecule has 0 aromatic carbocycles. The van der Waals surface area contributed by atoms with Gasteiger partial charge in [0, 0.05) is 6.61 Å². The molecule has 2 atom stereocenters. The fourth-order valence-corrected chi connectivity index (χ4v) is 2.15. The highest BCUT2D eigenvalue weighted by Crippen LogP contribution is 2.26. The van der Waals surface area contributed by atoms with E-state index in [1.807, 2.05) is 0 Å². The van der Waals surface area contributed by atoms with Gasteiger partial charge in [0.1, 0.15) is 0 Å². The van der Waals surface area contributed by atoms with Crippen LogP contribution in [0.15, 0.2) is 0 Å². The maximum Gasteiger partial charge on any atom is 0.306 e. The summed E-state index contributed by atoms with van der Waals surface area (Å²) >= 11 is 0. The molecule has 2 unspecified atom stereocenters. The van der Waals surface area contributed by atoms with Gasteiger partial charge < -0.3 is 15.6 Å². The first-order valence-corrected chi connectivity index (χ1v) is 5.76. The predicted molar refractivity (Wildman–Crippen MR) is 57.6 cm³/mol. The summed E-state index contributed by atoms with van der Waals surface area (Å²) in [6.45, 7) is 2.04. The van der Waals surface area contributed by atoms with E-state index in [0.717, 1.165) is 38.7 Å². The number of aliphatic carboxylic acids is 1. The van der Waals surface area contributed by atoms with Gasteiger partial charge in [-0.3, -0.25) is 4.79 Å². The lowest BCUT2D eigenvalue weighted by Gasteiger charge is -2.27. The molecule has 0 amide bonds. The highest BCUT2D eigenvalue weighted by atomic mass is 16.5. The maximum atomic E-state index is 11.1. The van der Waals surface area contributed by atoms with Gasteiger partial charge in [-0.15, -0.1) is 0 Å². The van der Waals surface area contributed by atoms with E-state index < -0.39 is 5.97 Å². The van der Waals surface area contributed by atoms with Crippen molar-refractivity contribution in [1.82, 2.24) is 0 Å². The molecular formula is C11H21NO3. The second-order valence-electron chi connectivity index (χ2n) is 4.21. The molecule has 0 spiro atoms. The van der Waals surface area contributed by atoms with Gasteiger partial charge in [-0.1, -0.05) is 6.42 Å². The first kappa shape index (κ1) is 12.5. The molecule has 0 aromatic rings. The third-order valence-electron chi connectivity index (χ3n) is 3.05. The number of hydrogen-bond acceptors (Lipinski definition) is 3. The van der Waals surface area contributed by atoms with Crippen LogP contribution in [0.4, 0.5) is 0 Å². The van der Waals surface area contributed by atoms with E-state index in [1.165, 1.54) is 0 Å². The molecule has 15 heavy (non-hydrogen) atoms. The minimum Gasteiger partial charge on any atom is -0.481 e. The zero-order chi connectivity index (χ0) is 11.1. The molecule has 0 radical (unpaired) electrons. The van der Waals surface area contributed by atoms with Gasteiger partial charge in [0.15, 0.2) is 0 Å². The summed E-state index contributed by atoms with van der Waals surface area (Å²) in [5, 5.41) is 9.14. The highest BCUT2D eigenvalue weighted by Gasteiger charge is 2.29. The van der Waals surface area contributed by atoms with Crippen molar-refractivity contribution in [3.8, 4) is 0 Å². The first-order valence-electron chi connectivity index (χ1n) is 5.76. The molecule has 0 saturated carbocycles. The van der Waals surface area contributed by atoms with Crippen molar-refractivity contribution in [3.63, 3.8) is 0 Å². The molecule has 0 aliphatic carbocycles. The Morgan fingerprint density at radius 2 is 2.33 bits per heavy atom. The van der Waals surface area contributed by atoms with Crippen molar-refractivity contribution < 1.29 is 14.6 Å². The largest absolute Gasteiger partial charge is 0.481 e. The molecule has 1 fully saturated rings. The molecule has 1 saturated heterocycles. The number of unbranched alkanes of at least 4 members (excludes halogenated alkanes) is 1. The summed E-state index contributed by atoms with van der Waals surface area (Å²) in [6, 6.07) is 0. The van der Waals surface area contributed by atoms with Gasteiger partial charge in [-0.05, 0) is 38.1 Å². The van der Waals surface area contributed by atoms with Crippen LogP contribution in [0.5, 0.6) is 0 Å². The minimum atomic E-state index is -0.678. The summed E-state index contributed by atoms with van der Waals surface area (Å²) in [4.78, 5) is 11.1. The van der Waals surface area contributed by atoms with Crippen molar-refractivity contribution in [3.05, 3.63) is 0 Å². The average Bonchev–Trinajstić information content (AvgIpc) is 2.25. The molecule has 1 heterocycles. The van der Waals surface area contributed by atoms with Crippen molar-refractivity contribution in [2.24, 2.45) is 17.6 Å². The van der Waals surface area contributed by atoms with Crippen molar-refractivity contribution >= 4 is 5.97 Å². The Morgan fingerprint density at radius 3 is 2.87 bits per heavy atom. The summed E-state index contributed by atoms with van der Waals surface area (Å²) in [7, 11) is 0. The Balaban J connectivity index is 2.37. The third kappa shape index (κ3) is 4.18. The van der Waals surface area contributed by atoms with Gasteiger partial charge in [0.25, 0.3) is 0 Å². The standard InChI is InChI=1S/C11H21NO3/c12-6-2-1-5-10(11(13)14)9-4-3-7-15-8-9/h9-10H,1-8,12H2,(H,13,14). The summed E-state index contributed by atoms with van der Waals surface area (Å²) < 4.78 is 5.33. The van der Waals surface area contributed by atoms with Crippen LogP contribution in [0.1, 0.15) is 32.1 Å². The highest BCUT2D eigenvalue weighted by molar-refractivity contribution is 5.70. The van der Waals surface area contributed by atoms with Crippen LogP contribution in [0.25, 0.3) is 0 Å². The van der Waals surface area contributed by atoms with Gasteiger partial charge in [0.05, 0.1) is 12.5 Å². The number of carbonyl (C=O) groups is 1. The molecule has 1 rings (SSSR count). The van der Waals surface area contributed by atoms with Gasteiger partial charge in [-0.2, -0.15) is 0 Å². The zero-order valence-corrected chi connectivity index (χ0v) is 9.15. The van der Waals surface area contributed by atoms with Gasteiger partial charge in [-0.25, -0.2) is 0 Å². The fourth-order valence-electron chi connectivity index (χ4n) is 2.15. The molecule has 3 N–H and O–H groups in total. The van der Waals surface area contributed by atoms with Crippen LogP contribution in [0, 0.1) is 11.8 Å². The predicted octanol–water partition coefficient (Wildman–Crippen LogP) is 1.24. The third-order valence-corrected chi connectivity index (χ3v) is 3.05. The zero-order valence-electron chi connectivity index (χ0n) is 9.15. The lowest BCUT2D eigenvalue weighted by atomic mass is 9.84. The number of carboxylic acid groups (broad SMARTS) is 1. The summed E-state index contributed by atoms with van der Waals surface area (Å²) in [6.07, 6.45) is 4.53. The van der Waals surface area contributed by atoms with Gasteiger partial charge >= 0.3 is 5.97 Å². The Hall–Kier alpha value is -0.610. The molecular weight excluding hydrogens is 194 g/mol. The maximum absolute atomic E-state index is 11.1. The van der Waals surface area contributed by atoms with Crippen molar-refractivity contribution in [2.45, 2.75) is 32.1 Å². The van der Waals surface area contributed by atoms with E-state index in [4.69, 9.17) is 15.6 Å². The quantitative estimate of drug-likeness (QED) is 0.654. The Bertz CT molecular complexity index is 190. The molecule has 0 aromatic heterocycles. The number of hydrogen-bond donors (Lipinski definition) is 2.